The summed E-state index contributed by atoms with van der Waals surface area (Å²) < 4.78 is 13.7. The lowest BCUT2D eigenvalue weighted by Gasteiger charge is -2.22. The molecular formula is C12H14BrFN2O. The minimum absolute atomic E-state index is 0.0360. The molecule has 0 radical (unpaired) electrons. The van der Waals surface area contributed by atoms with Gasteiger partial charge in [-0.1, -0.05) is 6.07 Å². The quantitative estimate of drug-likeness (QED) is 0.896. The van der Waals surface area contributed by atoms with Crippen LogP contribution in [0, 0.1) is 5.82 Å². The number of carbonyl (C=O) groups is 1. The second-order valence-electron chi connectivity index (χ2n) is 4.12. The van der Waals surface area contributed by atoms with Crippen molar-refractivity contribution in [2.45, 2.75) is 25.4 Å². The van der Waals surface area contributed by atoms with E-state index in [9.17, 15) is 9.18 Å². The van der Waals surface area contributed by atoms with Crippen LogP contribution in [0.2, 0.25) is 0 Å². The molecule has 1 aromatic rings. The van der Waals surface area contributed by atoms with Crippen LogP contribution in [0.1, 0.15) is 18.4 Å². The van der Waals surface area contributed by atoms with Crippen molar-refractivity contribution in [1.29, 1.82) is 0 Å². The largest absolute Gasteiger partial charge is 0.355 e. The van der Waals surface area contributed by atoms with E-state index < -0.39 is 0 Å². The van der Waals surface area contributed by atoms with Gasteiger partial charge in [-0.15, -0.1) is 0 Å². The van der Waals surface area contributed by atoms with Crippen LogP contribution in [-0.2, 0) is 11.3 Å². The van der Waals surface area contributed by atoms with Gasteiger partial charge in [0.25, 0.3) is 0 Å². The number of benzene rings is 1. The Morgan fingerprint density at radius 2 is 2.35 bits per heavy atom. The molecule has 0 aliphatic carbocycles. The van der Waals surface area contributed by atoms with Crippen LogP contribution in [0.15, 0.2) is 22.7 Å². The van der Waals surface area contributed by atoms with E-state index >= 15 is 0 Å². The normalized spacial score (nSPS) is 20.1. The van der Waals surface area contributed by atoms with Crippen molar-refractivity contribution in [1.82, 2.24) is 10.6 Å². The molecule has 1 heterocycles. The Hall–Kier alpha value is -0.940. The number of piperidine rings is 1. The highest BCUT2D eigenvalue weighted by Gasteiger charge is 2.20. The van der Waals surface area contributed by atoms with Crippen molar-refractivity contribution in [3.8, 4) is 0 Å². The molecule has 0 bridgehead atoms. The molecule has 2 N–H and O–H groups in total. The molecule has 1 atom stereocenters. The van der Waals surface area contributed by atoms with E-state index in [1.807, 2.05) is 6.07 Å². The van der Waals surface area contributed by atoms with Gasteiger partial charge < -0.3 is 10.6 Å². The van der Waals surface area contributed by atoms with E-state index in [1.165, 1.54) is 6.07 Å². The fourth-order valence-corrected chi connectivity index (χ4v) is 2.10. The summed E-state index contributed by atoms with van der Waals surface area (Å²) in [5.41, 5.74) is 0.837. The Morgan fingerprint density at radius 1 is 1.53 bits per heavy atom. The van der Waals surface area contributed by atoms with Gasteiger partial charge in [-0.3, -0.25) is 4.79 Å². The van der Waals surface area contributed by atoms with Crippen molar-refractivity contribution in [2.75, 3.05) is 6.54 Å². The molecule has 1 aromatic carbocycles. The predicted molar refractivity (Wildman–Crippen MR) is 67.0 cm³/mol. The molecule has 1 aliphatic rings. The average Bonchev–Trinajstić information content (AvgIpc) is 2.32. The minimum Gasteiger partial charge on any atom is -0.355 e. The van der Waals surface area contributed by atoms with Crippen LogP contribution in [0.25, 0.3) is 0 Å². The fourth-order valence-electron chi connectivity index (χ4n) is 1.86. The maximum Gasteiger partial charge on any atom is 0.237 e. The highest BCUT2D eigenvalue weighted by Crippen LogP contribution is 2.16. The lowest BCUT2D eigenvalue weighted by atomic mass is 10.1. The molecule has 1 saturated heterocycles. The third-order valence-corrected chi connectivity index (χ3v) is 3.47. The Morgan fingerprint density at radius 3 is 3.06 bits per heavy atom. The number of amides is 1. The minimum atomic E-state index is -0.280. The summed E-state index contributed by atoms with van der Waals surface area (Å²) in [5.74, 6) is -0.244. The van der Waals surface area contributed by atoms with E-state index in [0.29, 0.717) is 11.0 Å². The van der Waals surface area contributed by atoms with Crippen molar-refractivity contribution >= 4 is 21.8 Å². The predicted octanol–water partition coefficient (Wildman–Crippen LogP) is 1.96. The molecule has 0 aromatic heterocycles. The topological polar surface area (TPSA) is 41.1 Å². The van der Waals surface area contributed by atoms with Gasteiger partial charge in [0.2, 0.25) is 5.91 Å². The average molecular weight is 301 g/mol. The standard InChI is InChI=1S/C12H14BrFN2O/c13-9-4-3-8(6-10(9)14)7-16-11-2-1-5-15-12(11)17/h3-4,6,11,16H,1-2,5,7H2,(H,15,17). The van der Waals surface area contributed by atoms with Gasteiger partial charge in [-0.25, -0.2) is 4.39 Å². The summed E-state index contributed by atoms with van der Waals surface area (Å²) in [6.07, 6.45) is 1.82. The molecule has 1 aliphatic heterocycles. The molecule has 92 valence electrons. The first kappa shape index (κ1) is 12.5. The van der Waals surface area contributed by atoms with Crippen molar-refractivity contribution in [3.63, 3.8) is 0 Å². The zero-order chi connectivity index (χ0) is 12.3. The number of nitrogens with one attached hydrogen (secondary N) is 2. The maximum atomic E-state index is 13.3. The summed E-state index contributed by atoms with van der Waals surface area (Å²) in [6, 6.07) is 4.82. The van der Waals surface area contributed by atoms with Gasteiger partial charge in [0.05, 0.1) is 10.5 Å². The van der Waals surface area contributed by atoms with Gasteiger partial charge in [-0.2, -0.15) is 0 Å². The van der Waals surface area contributed by atoms with Gasteiger partial charge in [0.15, 0.2) is 0 Å². The summed E-state index contributed by atoms with van der Waals surface area (Å²) >= 11 is 3.11. The first-order chi connectivity index (χ1) is 8.16. The summed E-state index contributed by atoms with van der Waals surface area (Å²) in [6.45, 7) is 1.26. The highest BCUT2D eigenvalue weighted by atomic mass is 79.9. The maximum absolute atomic E-state index is 13.3. The van der Waals surface area contributed by atoms with Gasteiger partial charge in [0.1, 0.15) is 5.82 Å². The van der Waals surface area contributed by atoms with Crippen LogP contribution < -0.4 is 10.6 Å². The zero-order valence-corrected chi connectivity index (χ0v) is 10.9. The molecule has 1 amide bonds. The Labute approximate surface area is 108 Å². The van der Waals surface area contributed by atoms with E-state index in [4.69, 9.17) is 0 Å². The molecule has 3 nitrogen and oxygen atoms in total. The molecule has 17 heavy (non-hydrogen) atoms. The Balaban J connectivity index is 1.92. The number of hydrogen-bond donors (Lipinski definition) is 2. The van der Waals surface area contributed by atoms with E-state index in [0.717, 1.165) is 24.9 Å². The number of rotatable bonds is 3. The number of carbonyl (C=O) groups excluding carboxylic acids is 1. The molecule has 5 heteroatoms. The fraction of sp³-hybridized carbons (Fsp3) is 0.417. The monoisotopic (exact) mass is 300 g/mol. The third kappa shape index (κ3) is 3.26. The lowest BCUT2D eigenvalue weighted by Crippen LogP contribution is -2.47. The van der Waals surface area contributed by atoms with Crippen molar-refractivity contribution < 1.29 is 9.18 Å². The van der Waals surface area contributed by atoms with Crippen LogP contribution >= 0.6 is 15.9 Å². The smallest absolute Gasteiger partial charge is 0.237 e. The molecule has 2 rings (SSSR count). The number of hydrogen-bond acceptors (Lipinski definition) is 2. The lowest BCUT2D eigenvalue weighted by molar-refractivity contribution is -0.124. The summed E-state index contributed by atoms with van der Waals surface area (Å²) in [7, 11) is 0. The Kier molecular flexibility index (Phi) is 4.12. The zero-order valence-electron chi connectivity index (χ0n) is 9.30. The Bertz CT molecular complexity index is 425. The van der Waals surface area contributed by atoms with Gasteiger partial charge >= 0.3 is 0 Å². The first-order valence-electron chi connectivity index (χ1n) is 5.62. The van der Waals surface area contributed by atoms with Gasteiger partial charge in [0, 0.05) is 13.1 Å². The van der Waals surface area contributed by atoms with E-state index in [2.05, 4.69) is 26.6 Å². The molecule has 0 spiro atoms. The van der Waals surface area contributed by atoms with Crippen molar-refractivity contribution in [3.05, 3.63) is 34.1 Å². The second-order valence-corrected chi connectivity index (χ2v) is 4.97. The van der Waals surface area contributed by atoms with Crippen LogP contribution in [0.3, 0.4) is 0 Å². The SMILES string of the molecule is O=C1NCCCC1NCc1ccc(Br)c(F)c1. The first-order valence-corrected chi connectivity index (χ1v) is 6.41. The van der Waals surface area contributed by atoms with Crippen LogP contribution in [0.4, 0.5) is 4.39 Å². The molecule has 0 saturated carbocycles. The molecule has 1 unspecified atom stereocenters. The number of halogens is 2. The van der Waals surface area contributed by atoms with E-state index in [1.54, 1.807) is 6.07 Å². The summed E-state index contributed by atoms with van der Waals surface area (Å²) in [4.78, 5) is 11.5. The third-order valence-electron chi connectivity index (χ3n) is 2.82. The van der Waals surface area contributed by atoms with E-state index in [-0.39, 0.29) is 17.8 Å². The second kappa shape index (κ2) is 5.60. The van der Waals surface area contributed by atoms with Crippen LogP contribution in [0.5, 0.6) is 0 Å². The summed E-state index contributed by atoms with van der Waals surface area (Å²) in [5, 5.41) is 5.95. The van der Waals surface area contributed by atoms with Crippen LogP contribution in [-0.4, -0.2) is 18.5 Å². The highest BCUT2D eigenvalue weighted by molar-refractivity contribution is 9.10. The molecular weight excluding hydrogens is 287 g/mol. The molecule has 1 fully saturated rings. The van der Waals surface area contributed by atoms with Gasteiger partial charge in [-0.05, 0) is 46.5 Å². The van der Waals surface area contributed by atoms with Crippen molar-refractivity contribution in [2.24, 2.45) is 0 Å².